The third-order valence-corrected chi connectivity index (χ3v) is 4.91. The number of fused-ring (bicyclic) bond motifs is 1. The molecule has 1 aliphatic heterocycles. The highest BCUT2D eigenvalue weighted by Gasteiger charge is 2.25. The zero-order valence-electron chi connectivity index (χ0n) is 14.4. The number of anilines is 1. The maximum Gasteiger partial charge on any atom is 0.240 e. The summed E-state index contributed by atoms with van der Waals surface area (Å²) in [6, 6.07) is 14.8. The number of amides is 2. The summed E-state index contributed by atoms with van der Waals surface area (Å²) in [5.74, 6) is 1.55. The molecule has 0 spiro atoms. The molecule has 136 valence electrons. The van der Waals surface area contributed by atoms with Crippen molar-refractivity contribution in [1.29, 1.82) is 0 Å². The Hall–Kier alpha value is -2.67. The maximum absolute atomic E-state index is 12.2. The first-order chi connectivity index (χ1) is 12.7. The van der Waals surface area contributed by atoms with Gasteiger partial charge in [0.1, 0.15) is 24.7 Å². The van der Waals surface area contributed by atoms with Crippen molar-refractivity contribution >= 4 is 29.3 Å². The first kappa shape index (κ1) is 18.1. The van der Waals surface area contributed by atoms with E-state index in [1.165, 1.54) is 16.7 Å². The van der Waals surface area contributed by atoms with Crippen LogP contribution in [0, 0.1) is 0 Å². The average molecular weight is 372 g/mol. The van der Waals surface area contributed by atoms with Gasteiger partial charge in [0.15, 0.2) is 0 Å². The highest BCUT2D eigenvalue weighted by atomic mass is 32.2. The Morgan fingerprint density at radius 2 is 1.88 bits per heavy atom. The second-order valence-electron chi connectivity index (χ2n) is 5.61. The van der Waals surface area contributed by atoms with Crippen LogP contribution in [0.2, 0.25) is 0 Å². The first-order valence-corrected chi connectivity index (χ1v) is 9.21. The Morgan fingerprint density at radius 1 is 1.15 bits per heavy atom. The predicted molar refractivity (Wildman–Crippen MR) is 101 cm³/mol. The number of benzene rings is 2. The summed E-state index contributed by atoms with van der Waals surface area (Å²) < 4.78 is 10.7. The number of thioether (sulfide) groups is 1. The van der Waals surface area contributed by atoms with Gasteiger partial charge in [0.25, 0.3) is 0 Å². The number of hydrogen-bond acceptors (Lipinski definition) is 5. The second kappa shape index (κ2) is 8.62. The lowest BCUT2D eigenvalue weighted by atomic mass is 10.2. The van der Waals surface area contributed by atoms with Crippen molar-refractivity contribution in [3.63, 3.8) is 0 Å². The third kappa shape index (κ3) is 4.49. The molecule has 6 nitrogen and oxygen atoms in total. The Kier molecular flexibility index (Phi) is 6.01. The second-order valence-corrected chi connectivity index (χ2v) is 6.63. The number of carbonyl (C=O) groups is 2. The summed E-state index contributed by atoms with van der Waals surface area (Å²) in [6.07, 6.45) is 0. The molecule has 0 aliphatic carbocycles. The van der Waals surface area contributed by atoms with E-state index in [2.05, 4.69) is 5.32 Å². The van der Waals surface area contributed by atoms with Gasteiger partial charge in [-0.1, -0.05) is 12.1 Å². The maximum atomic E-state index is 12.2. The summed E-state index contributed by atoms with van der Waals surface area (Å²) in [7, 11) is 1.61. The lowest BCUT2D eigenvalue weighted by Crippen LogP contribution is -2.44. The smallest absolute Gasteiger partial charge is 0.240 e. The Morgan fingerprint density at radius 3 is 2.65 bits per heavy atom. The van der Waals surface area contributed by atoms with Crippen LogP contribution < -0.4 is 19.7 Å². The molecule has 7 heteroatoms. The van der Waals surface area contributed by atoms with Crippen LogP contribution in [0.15, 0.2) is 53.4 Å². The van der Waals surface area contributed by atoms with Crippen LogP contribution >= 0.6 is 11.8 Å². The predicted octanol–water partition coefficient (Wildman–Crippen LogP) is 2.33. The fourth-order valence-electron chi connectivity index (χ4n) is 2.56. The molecule has 0 bridgehead atoms. The summed E-state index contributed by atoms with van der Waals surface area (Å²) in [4.78, 5) is 26.9. The van der Waals surface area contributed by atoms with E-state index in [1.807, 2.05) is 48.5 Å². The highest BCUT2D eigenvalue weighted by molar-refractivity contribution is 8.00. The monoisotopic (exact) mass is 372 g/mol. The number of methoxy groups -OCH3 is 1. The number of carbonyl (C=O) groups excluding carboxylic acids is 2. The van der Waals surface area contributed by atoms with Crippen LogP contribution in [-0.2, 0) is 9.59 Å². The van der Waals surface area contributed by atoms with Gasteiger partial charge in [-0.3, -0.25) is 9.59 Å². The molecule has 0 unspecified atom stereocenters. The van der Waals surface area contributed by atoms with E-state index >= 15 is 0 Å². The molecule has 0 atom stereocenters. The van der Waals surface area contributed by atoms with Gasteiger partial charge in [-0.2, -0.15) is 0 Å². The van der Waals surface area contributed by atoms with Crippen LogP contribution in [0.5, 0.6) is 11.5 Å². The van der Waals surface area contributed by atoms with Gasteiger partial charge in [0, 0.05) is 4.90 Å². The molecule has 1 aliphatic rings. The van der Waals surface area contributed by atoms with Gasteiger partial charge in [0.2, 0.25) is 11.8 Å². The molecule has 0 radical (unpaired) electrons. The third-order valence-electron chi connectivity index (χ3n) is 3.86. The average Bonchev–Trinajstić information content (AvgIpc) is 2.68. The Bertz CT molecular complexity index is 779. The number of ether oxygens (including phenoxy) is 2. The minimum Gasteiger partial charge on any atom is -0.497 e. The Balaban J connectivity index is 1.46. The van der Waals surface area contributed by atoms with Gasteiger partial charge in [0.05, 0.1) is 25.1 Å². The number of nitrogens with one attached hydrogen (secondary N) is 1. The number of nitrogens with zero attached hydrogens (tertiary/aromatic N) is 1. The van der Waals surface area contributed by atoms with Crippen molar-refractivity contribution in [2.24, 2.45) is 0 Å². The molecular formula is C19H20N2O4S. The largest absolute Gasteiger partial charge is 0.497 e. The molecule has 0 saturated carbocycles. The molecule has 0 fully saturated rings. The standard InChI is InChI=1S/C19H20N2O4S/c1-24-14-6-8-15(9-7-14)25-11-10-20-18(22)12-21-16-4-2-3-5-17(16)26-13-19(21)23/h2-9H,10-13H2,1H3,(H,20,22). The van der Waals surface area contributed by atoms with Crippen LogP contribution in [0.3, 0.4) is 0 Å². The van der Waals surface area contributed by atoms with Crippen LogP contribution in [0.1, 0.15) is 0 Å². The van der Waals surface area contributed by atoms with Crippen molar-refractivity contribution in [2.45, 2.75) is 4.90 Å². The topological polar surface area (TPSA) is 67.9 Å². The van der Waals surface area contributed by atoms with E-state index in [0.29, 0.717) is 24.7 Å². The van der Waals surface area contributed by atoms with E-state index in [4.69, 9.17) is 9.47 Å². The number of hydrogen-bond donors (Lipinski definition) is 1. The van der Waals surface area contributed by atoms with Crippen molar-refractivity contribution in [3.8, 4) is 11.5 Å². The van der Waals surface area contributed by atoms with Crippen molar-refractivity contribution in [1.82, 2.24) is 5.32 Å². The molecule has 1 N–H and O–H groups in total. The van der Waals surface area contributed by atoms with Crippen LogP contribution in [0.25, 0.3) is 0 Å². The van der Waals surface area contributed by atoms with Gasteiger partial charge in [-0.25, -0.2) is 0 Å². The van der Waals surface area contributed by atoms with Crippen molar-refractivity contribution in [3.05, 3.63) is 48.5 Å². The zero-order chi connectivity index (χ0) is 18.4. The van der Waals surface area contributed by atoms with Crippen LogP contribution in [0.4, 0.5) is 5.69 Å². The summed E-state index contributed by atoms with van der Waals surface area (Å²) >= 11 is 1.50. The minimum atomic E-state index is -0.210. The first-order valence-electron chi connectivity index (χ1n) is 8.23. The molecule has 2 aromatic carbocycles. The SMILES string of the molecule is COc1ccc(OCCNC(=O)CN2C(=O)CSc3ccccc32)cc1. The number of para-hydroxylation sites is 1. The fraction of sp³-hybridized carbons (Fsp3) is 0.263. The lowest BCUT2D eigenvalue weighted by Gasteiger charge is -2.28. The summed E-state index contributed by atoms with van der Waals surface area (Å²) in [6.45, 7) is 0.723. The molecule has 26 heavy (non-hydrogen) atoms. The highest BCUT2D eigenvalue weighted by Crippen LogP contribution is 2.34. The van der Waals surface area contributed by atoms with Gasteiger partial charge in [-0.05, 0) is 36.4 Å². The van der Waals surface area contributed by atoms with Gasteiger partial charge in [-0.15, -0.1) is 11.8 Å². The molecular weight excluding hydrogens is 352 g/mol. The zero-order valence-corrected chi connectivity index (χ0v) is 15.3. The molecule has 0 saturated heterocycles. The Labute approximate surface area is 156 Å². The quantitative estimate of drug-likeness (QED) is 0.756. The van der Waals surface area contributed by atoms with Gasteiger partial charge >= 0.3 is 0 Å². The number of rotatable bonds is 7. The molecule has 2 amide bonds. The minimum absolute atomic E-state index is 0.0128. The normalized spacial score (nSPS) is 13.1. The molecule has 1 heterocycles. The van der Waals surface area contributed by atoms with Gasteiger partial charge < -0.3 is 19.7 Å². The van der Waals surface area contributed by atoms with Crippen LogP contribution in [-0.4, -0.2) is 44.4 Å². The van der Waals surface area contributed by atoms with Crippen molar-refractivity contribution < 1.29 is 19.1 Å². The van der Waals surface area contributed by atoms with E-state index < -0.39 is 0 Å². The molecule has 3 rings (SSSR count). The van der Waals surface area contributed by atoms with E-state index in [0.717, 1.165) is 16.3 Å². The summed E-state index contributed by atoms with van der Waals surface area (Å²) in [5.41, 5.74) is 0.790. The van der Waals surface area contributed by atoms with Crippen molar-refractivity contribution in [2.75, 3.05) is 37.5 Å². The van der Waals surface area contributed by atoms with E-state index in [1.54, 1.807) is 7.11 Å². The fourth-order valence-corrected chi connectivity index (χ4v) is 3.49. The summed E-state index contributed by atoms with van der Waals surface area (Å²) in [5, 5.41) is 2.78. The van der Waals surface area contributed by atoms with E-state index in [-0.39, 0.29) is 18.4 Å². The molecule has 0 aromatic heterocycles. The molecule has 2 aromatic rings. The van der Waals surface area contributed by atoms with E-state index in [9.17, 15) is 9.59 Å². The lowest BCUT2D eigenvalue weighted by molar-refractivity contribution is -0.123.